The molecular weight excluding hydrogens is 298 g/mol. The number of benzene rings is 1. The Hall–Kier alpha value is -2.95. The molecule has 0 saturated carbocycles. The second kappa shape index (κ2) is 5.60. The Labute approximate surface area is 140 Å². The molecule has 0 radical (unpaired) electrons. The molecule has 4 aromatic rings. The Kier molecular flexibility index (Phi) is 3.41. The van der Waals surface area contributed by atoms with E-state index in [4.69, 9.17) is 4.98 Å². The van der Waals surface area contributed by atoms with Crippen LogP contribution in [0.2, 0.25) is 0 Å². The standard InChI is InChI=1S/C19H19N5/c1-13(2)17-11-18(23-10-9-20-14(23)3)24-19(22-17)16(12-21-24)15-7-5-4-6-8-15/h4-13H,1-3H3. The van der Waals surface area contributed by atoms with Crippen LogP contribution < -0.4 is 0 Å². The molecule has 5 nitrogen and oxygen atoms in total. The van der Waals surface area contributed by atoms with E-state index in [1.54, 1.807) is 6.20 Å². The second-order valence-electron chi connectivity index (χ2n) is 6.20. The number of imidazole rings is 1. The smallest absolute Gasteiger partial charge is 0.165 e. The summed E-state index contributed by atoms with van der Waals surface area (Å²) in [4.78, 5) is 9.22. The van der Waals surface area contributed by atoms with Gasteiger partial charge in [-0.15, -0.1) is 0 Å². The van der Waals surface area contributed by atoms with Crippen molar-refractivity contribution in [2.45, 2.75) is 26.7 Å². The van der Waals surface area contributed by atoms with Gasteiger partial charge in [0.1, 0.15) is 11.6 Å². The summed E-state index contributed by atoms with van der Waals surface area (Å²) in [7, 11) is 0. The second-order valence-corrected chi connectivity index (χ2v) is 6.20. The van der Waals surface area contributed by atoms with Crippen LogP contribution in [0.25, 0.3) is 22.6 Å². The molecule has 0 atom stereocenters. The van der Waals surface area contributed by atoms with Gasteiger partial charge in [0.15, 0.2) is 5.65 Å². The fourth-order valence-corrected chi connectivity index (χ4v) is 2.87. The predicted octanol–water partition coefficient (Wildman–Crippen LogP) is 4.01. The van der Waals surface area contributed by atoms with Crippen LogP contribution in [0.5, 0.6) is 0 Å². The summed E-state index contributed by atoms with van der Waals surface area (Å²) in [6.07, 6.45) is 5.65. The molecule has 0 aliphatic heterocycles. The fraction of sp³-hybridized carbons (Fsp3) is 0.211. The van der Waals surface area contributed by atoms with E-state index in [9.17, 15) is 0 Å². The summed E-state index contributed by atoms with van der Waals surface area (Å²) in [6, 6.07) is 12.3. The normalized spacial score (nSPS) is 11.5. The molecule has 120 valence electrons. The number of aromatic nitrogens is 5. The van der Waals surface area contributed by atoms with Crippen LogP contribution in [0.3, 0.4) is 0 Å². The minimum Gasteiger partial charge on any atom is -0.288 e. The lowest BCUT2D eigenvalue weighted by atomic mass is 10.1. The molecule has 3 aromatic heterocycles. The van der Waals surface area contributed by atoms with Crippen molar-refractivity contribution < 1.29 is 0 Å². The highest BCUT2D eigenvalue weighted by Gasteiger charge is 2.16. The number of fused-ring (bicyclic) bond motifs is 1. The molecule has 0 N–H and O–H groups in total. The highest BCUT2D eigenvalue weighted by atomic mass is 15.3. The first kappa shape index (κ1) is 14.6. The molecule has 24 heavy (non-hydrogen) atoms. The van der Waals surface area contributed by atoms with E-state index in [1.165, 1.54) is 0 Å². The Balaban J connectivity index is 2.04. The molecule has 0 bridgehead atoms. The Morgan fingerprint density at radius 1 is 1.08 bits per heavy atom. The quantitative estimate of drug-likeness (QED) is 0.573. The van der Waals surface area contributed by atoms with Gasteiger partial charge >= 0.3 is 0 Å². The van der Waals surface area contributed by atoms with E-state index >= 15 is 0 Å². The third-order valence-electron chi connectivity index (χ3n) is 4.22. The molecule has 0 aliphatic rings. The first-order valence-electron chi connectivity index (χ1n) is 8.09. The Morgan fingerprint density at radius 2 is 1.88 bits per heavy atom. The van der Waals surface area contributed by atoms with E-state index < -0.39 is 0 Å². The van der Waals surface area contributed by atoms with Crippen molar-refractivity contribution >= 4 is 5.65 Å². The van der Waals surface area contributed by atoms with Crippen LogP contribution in [-0.2, 0) is 0 Å². The third-order valence-corrected chi connectivity index (χ3v) is 4.22. The fourth-order valence-electron chi connectivity index (χ4n) is 2.87. The summed E-state index contributed by atoms with van der Waals surface area (Å²) in [5.41, 5.74) is 4.07. The van der Waals surface area contributed by atoms with Gasteiger partial charge in [-0.2, -0.15) is 9.61 Å². The molecule has 0 unspecified atom stereocenters. The maximum atomic E-state index is 4.88. The summed E-state index contributed by atoms with van der Waals surface area (Å²) in [6.45, 7) is 6.30. The SMILES string of the molecule is Cc1nccn1-c1cc(C(C)C)nc2c(-c3ccccc3)cnn12. The highest BCUT2D eigenvalue weighted by molar-refractivity contribution is 5.77. The summed E-state index contributed by atoms with van der Waals surface area (Å²) < 4.78 is 3.94. The highest BCUT2D eigenvalue weighted by Crippen LogP contribution is 2.27. The van der Waals surface area contributed by atoms with Crippen LogP contribution in [0.1, 0.15) is 31.3 Å². The number of nitrogens with zero attached hydrogens (tertiary/aromatic N) is 5. The van der Waals surface area contributed by atoms with Crippen molar-refractivity contribution in [3.8, 4) is 16.9 Å². The topological polar surface area (TPSA) is 48.0 Å². The van der Waals surface area contributed by atoms with Crippen molar-refractivity contribution in [2.24, 2.45) is 0 Å². The molecule has 0 fully saturated rings. The summed E-state index contributed by atoms with van der Waals surface area (Å²) in [5, 5.41) is 4.60. The van der Waals surface area contributed by atoms with Crippen LogP contribution in [0.4, 0.5) is 0 Å². The molecule has 4 rings (SSSR count). The van der Waals surface area contributed by atoms with Gasteiger partial charge in [-0.3, -0.25) is 4.57 Å². The summed E-state index contributed by atoms with van der Waals surface area (Å²) in [5.74, 6) is 2.21. The lowest BCUT2D eigenvalue weighted by Gasteiger charge is -2.12. The maximum absolute atomic E-state index is 4.88. The van der Waals surface area contributed by atoms with E-state index in [2.05, 4.69) is 42.1 Å². The van der Waals surface area contributed by atoms with Gasteiger partial charge in [0.25, 0.3) is 0 Å². The van der Waals surface area contributed by atoms with E-state index in [-0.39, 0.29) is 0 Å². The van der Waals surface area contributed by atoms with Crippen molar-refractivity contribution in [3.63, 3.8) is 0 Å². The van der Waals surface area contributed by atoms with Crippen molar-refractivity contribution in [2.75, 3.05) is 0 Å². The molecule has 0 spiro atoms. The zero-order valence-corrected chi connectivity index (χ0v) is 14.0. The van der Waals surface area contributed by atoms with Gasteiger partial charge in [-0.05, 0) is 18.4 Å². The molecule has 5 heteroatoms. The zero-order valence-electron chi connectivity index (χ0n) is 14.0. The molecule has 0 aliphatic carbocycles. The monoisotopic (exact) mass is 317 g/mol. The lowest BCUT2D eigenvalue weighted by molar-refractivity contribution is 0.780. The molecule has 1 aromatic carbocycles. The average molecular weight is 317 g/mol. The first-order valence-corrected chi connectivity index (χ1v) is 8.09. The molecule has 0 amide bonds. The summed E-state index contributed by atoms with van der Waals surface area (Å²) >= 11 is 0. The average Bonchev–Trinajstić information content (AvgIpc) is 3.20. The van der Waals surface area contributed by atoms with Crippen LogP contribution >= 0.6 is 0 Å². The van der Waals surface area contributed by atoms with Gasteiger partial charge in [0.2, 0.25) is 0 Å². The van der Waals surface area contributed by atoms with E-state index in [0.29, 0.717) is 5.92 Å². The van der Waals surface area contributed by atoms with Crippen molar-refractivity contribution in [1.82, 2.24) is 24.1 Å². The van der Waals surface area contributed by atoms with Crippen molar-refractivity contribution in [3.05, 3.63) is 66.5 Å². The number of rotatable bonds is 3. The van der Waals surface area contributed by atoms with Crippen LogP contribution in [0, 0.1) is 6.92 Å². The van der Waals surface area contributed by atoms with Gasteiger partial charge < -0.3 is 0 Å². The van der Waals surface area contributed by atoms with E-state index in [1.807, 2.05) is 46.6 Å². The largest absolute Gasteiger partial charge is 0.288 e. The molecule has 3 heterocycles. The van der Waals surface area contributed by atoms with Crippen molar-refractivity contribution in [1.29, 1.82) is 0 Å². The van der Waals surface area contributed by atoms with Crippen LogP contribution in [0.15, 0.2) is 55.0 Å². The lowest BCUT2D eigenvalue weighted by Crippen LogP contribution is -2.08. The van der Waals surface area contributed by atoms with Crippen LogP contribution in [-0.4, -0.2) is 24.1 Å². The predicted molar refractivity (Wildman–Crippen MR) is 94.4 cm³/mol. The van der Waals surface area contributed by atoms with Gasteiger partial charge in [0, 0.05) is 29.7 Å². The van der Waals surface area contributed by atoms with Gasteiger partial charge in [-0.1, -0.05) is 44.2 Å². The number of hydrogen-bond acceptors (Lipinski definition) is 3. The molecule has 0 saturated heterocycles. The van der Waals surface area contributed by atoms with Gasteiger partial charge in [-0.25, -0.2) is 9.97 Å². The minimum atomic E-state index is 0.330. The maximum Gasteiger partial charge on any atom is 0.165 e. The Bertz CT molecular complexity index is 995. The van der Waals surface area contributed by atoms with E-state index in [0.717, 1.165) is 34.1 Å². The third kappa shape index (κ3) is 2.29. The number of hydrogen-bond donors (Lipinski definition) is 0. The van der Waals surface area contributed by atoms with Gasteiger partial charge in [0.05, 0.1) is 6.20 Å². The number of aryl methyl sites for hydroxylation is 1. The Morgan fingerprint density at radius 3 is 2.54 bits per heavy atom. The molecular formula is C19H19N5. The minimum absolute atomic E-state index is 0.330. The zero-order chi connectivity index (χ0) is 16.7. The first-order chi connectivity index (χ1) is 11.6.